The second-order valence-electron chi connectivity index (χ2n) is 5.87. The highest BCUT2D eigenvalue weighted by Gasteiger charge is 2.23. The van der Waals surface area contributed by atoms with Crippen molar-refractivity contribution in [1.29, 1.82) is 0 Å². The predicted molar refractivity (Wildman–Crippen MR) is 99.4 cm³/mol. The summed E-state index contributed by atoms with van der Waals surface area (Å²) in [6, 6.07) is -2.26. The molecule has 0 fully saturated rings. The van der Waals surface area contributed by atoms with E-state index in [1.807, 2.05) is 6.92 Å². The molecule has 154 valence electrons. The Morgan fingerprint density at radius 2 is 1.52 bits per heavy atom. The largest absolute Gasteiger partial charge is 0.480 e. The van der Waals surface area contributed by atoms with Gasteiger partial charge < -0.3 is 26.2 Å². The van der Waals surface area contributed by atoms with E-state index in [0.717, 1.165) is 12.8 Å². The molecule has 0 aliphatic carbocycles. The standard InChI is InChI=1S/C16H27N3O7S/c1-2-3-4-5-12(20)18-10(16(25)26)6-7-13(21)19-11(9-27)15(24)17-8-14(22)23/h10-11,27H,2-9H2,1H3,(H,17,24)(H,18,20)(H,19,21)(H,22,23)(H,25,26). The third-order valence-electron chi connectivity index (χ3n) is 3.55. The van der Waals surface area contributed by atoms with Crippen LogP contribution in [0.25, 0.3) is 0 Å². The SMILES string of the molecule is CCCCCC(=O)NC(CCC(=O)NC(CS)C(=O)NCC(=O)O)C(=O)O. The van der Waals surface area contributed by atoms with Crippen LogP contribution >= 0.6 is 12.6 Å². The Labute approximate surface area is 162 Å². The van der Waals surface area contributed by atoms with Crippen LogP contribution in [-0.2, 0) is 24.0 Å². The molecule has 0 aromatic carbocycles. The Balaban J connectivity index is 4.46. The minimum atomic E-state index is -1.25. The van der Waals surface area contributed by atoms with Gasteiger partial charge in [0, 0.05) is 18.6 Å². The molecule has 0 aromatic rings. The molecule has 27 heavy (non-hydrogen) atoms. The molecule has 0 spiro atoms. The third kappa shape index (κ3) is 11.8. The van der Waals surface area contributed by atoms with E-state index in [0.29, 0.717) is 6.42 Å². The molecular formula is C16H27N3O7S. The van der Waals surface area contributed by atoms with Crippen molar-refractivity contribution in [3.05, 3.63) is 0 Å². The fourth-order valence-electron chi connectivity index (χ4n) is 2.08. The van der Waals surface area contributed by atoms with E-state index in [4.69, 9.17) is 10.2 Å². The average molecular weight is 405 g/mol. The van der Waals surface area contributed by atoms with Gasteiger partial charge in [-0.2, -0.15) is 12.6 Å². The second-order valence-corrected chi connectivity index (χ2v) is 6.23. The number of hydrogen-bond acceptors (Lipinski definition) is 6. The van der Waals surface area contributed by atoms with Gasteiger partial charge in [0.05, 0.1) is 0 Å². The summed E-state index contributed by atoms with van der Waals surface area (Å²) in [6.45, 7) is 1.39. The number of carbonyl (C=O) groups excluding carboxylic acids is 3. The summed E-state index contributed by atoms with van der Waals surface area (Å²) in [6.07, 6.45) is 2.30. The van der Waals surface area contributed by atoms with Crippen molar-refractivity contribution in [2.24, 2.45) is 0 Å². The number of hydrogen-bond donors (Lipinski definition) is 6. The van der Waals surface area contributed by atoms with Crippen LogP contribution < -0.4 is 16.0 Å². The molecule has 3 amide bonds. The quantitative estimate of drug-likeness (QED) is 0.168. The molecule has 2 atom stereocenters. The van der Waals surface area contributed by atoms with Gasteiger partial charge in [0.2, 0.25) is 17.7 Å². The van der Waals surface area contributed by atoms with Gasteiger partial charge in [-0.15, -0.1) is 0 Å². The van der Waals surface area contributed by atoms with E-state index in [1.54, 1.807) is 0 Å². The van der Waals surface area contributed by atoms with E-state index < -0.39 is 48.3 Å². The number of nitrogens with one attached hydrogen (secondary N) is 3. The van der Waals surface area contributed by atoms with Crippen LogP contribution in [-0.4, -0.2) is 64.3 Å². The first-order valence-electron chi connectivity index (χ1n) is 8.63. The van der Waals surface area contributed by atoms with Gasteiger partial charge >= 0.3 is 11.9 Å². The van der Waals surface area contributed by atoms with Gasteiger partial charge in [-0.05, 0) is 12.8 Å². The first kappa shape index (κ1) is 24.7. The lowest BCUT2D eigenvalue weighted by Gasteiger charge is -2.17. The van der Waals surface area contributed by atoms with Crippen molar-refractivity contribution < 1.29 is 34.2 Å². The summed E-state index contributed by atoms with van der Waals surface area (Å²) in [5.41, 5.74) is 0. The molecule has 0 radical (unpaired) electrons. The molecular weight excluding hydrogens is 378 g/mol. The highest BCUT2D eigenvalue weighted by Crippen LogP contribution is 2.03. The number of carbonyl (C=O) groups is 5. The lowest BCUT2D eigenvalue weighted by Crippen LogP contribution is -2.49. The van der Waals surface area contributed by atoms with Gasteiger partial charge in [0.25, 0.3) is 0 Å². The van der Waals surface area contributed by atoms with Crippen LogP contribution in [0.5, 0.6) is 0 Å². The van der Waals surface area contributed by atoms with Gasteiger partial charge in [-0.1, -0.05) is 19.8 Å². The monoisotopic (exact) mass is 405 g/mol. The molecule has 11 heteroatoms. The zero-order valence-electron chi connectivity index (χ0n) is 15.2. The first-order chi connectivity index (χ1) is 12.7. The number of aliphatic carboxylic acids is 2. The maximum absolute atomic E-state index is 11.9. The van der Waals surface area contributed by atoms with Crippen LogP contribution in [0.2, 0.25) is 0 Å². The summed E-state index contributed by atoms with van der Waals surface area (Å²) in [5, 5.41) is 24.5. The molecule has 5 N–H and O–H groups in total. The van der Waals surface area contributed by atoms with E-state index in [1.165, 1.54) is 0 Å². The normalized spacial score (nSPS) is 12.5. The van der Waals surface area contributed by atoms with Crippen molar-refractivity contribution >= 4 is 42.3 Å². The Morgan fingerprint density at radius 3 is 2.04 bits per heavy atom. The van der Waals surface area contributed by atoms with Crippen molar-refractivity contribution in [2.45, 2.75) is 57.5 Å². The average Bonchev–Trinajstić information content (AvgIpc) is 2.60. The number of carboxylic acid groups (broad SMARTS) is 2. The fourth-order valence-corrected chi connectivity index (χ4v) is 2.34. The number of carboxylic acids is 2. The van der Waals surface area contributed by atoms with E-state index >= 15 is 0 Å². The maximum Gasteiger partial charge on any atom is 0.326 e. The summed E-state index contributed by atoms with van der Waals surface area (Å²) < 4.78 is 0. The van der Waals surface area contributed by atoms with Crippen LogP contribution in [0, 0.1) is 0 Å². The zero-order valence-corrected chi connectivity index (χ0v) is 16.1. The predicted octanol–water partition coefficient (Wildman–Crippen LogP) is -0.468. The molecule has 2 unspecified atom stereocenters. The van der Waals surface area contributed by atoms with Crippen LogP contribution in [0.3, 0.4) is 0 Å². The van der Waals surface area contributed by atoms with Crippen LogP contribution in [0.4, 0.5) is 0 Å². The Morgan fingerprint density at radius 1 is 0.926 bits per heavy atom. The maximum atomic E-state index is 11.9. The van der Waals surface area contributed by atoms with Crippen molar-refractivity contribution in [3.8, 4) is 0 Å². The highest BCUT2D eigenvalue weighted by molar-refractivity contribution is 7.80. The number of unbranched alkanes of at least 4 members (excludes halogenated alkanes) is 2. The number of rotatable bonds is 14. The minimum Gasteiger partial charge on any atom is -0.480 e. The molecule has 10 nitrogen and oxygen atoms in total. The van der Waals surface area contributed by atoms with Crippen LogP contribution in [0.15, 0.2) is 0 Å². The number of amides is 3. The van der Waals surface area contributed by atoms with E-state index in [9.17, 15) is 24.0 Å². The van der Waals surface area contributed by atoms with Gasteiger partial charge in [-0.25, -0.2) is 4.79 Å². The highest BCUT2D eigenvalue weighted by atomic mass is 32.1. The topological polar surface area (TPSA) is 162 Å². The third-order valence-corrected chi connectivity index (χ3v) is 3.91. The molecule has 0 saturated heterocycles. The molecule has 0 heterocycles. The van der Waals surface area contributed by atoms with Crippen molar-refractivity contribution in [2.75, 3.05) is 12.3 Å². The Kier molecular flexibility index (Phi) is 12.7. The lowest BCUT2D eigenvalue weighted by atomic mass is 10.1. The molecule has 0 aliphatic rings. The zero-order chi connectivity index (χ0) is 20.8. The molecule has 0 rings (SSSR count). The Bertz CT molecular complexity index is 542. The van der Waals surface area contributed by atoms with Crippen LogP contribution in [0.1, 0.15) is 45.4 Å². The van der Waals surface area contributed by atoms with E-state index in [2.05, 4.69) is 28.6 Å². The summed E-state index contributed by atoms with van der Waals surface area (Å²) in [5.74, 6) is -4.25. The molecule has 0 aliphatic heterocycles. The Hall–Kier alpha value is -2.30. The smallest absolute Gasteiger partial charge is 0.326 e. The summed E-state index contributed by atoms with van der Waals surface area (Å²) >= 11 is 3.93. The van der Waals surface area contributed by atoms with E-state index in [-0.39, 0.29) is 25.0 Å². The van der Waals surface area contributed by atoms with Gasteiger partial charge in [0.1, 0.15) is 18.6 Å². The van der Waals surface area contributed by atoms with Crippen molar-refractivity contribution in [1.82, 2.24) is 16.0 Å². The summed E-state index contributed by atoms with van der Waals surface area (Å²) in [4.78, 5) is 57.1. The minimum absolute atomic E-state index is 0.0618. The van der Waals surface area contributed by atoms with Gasteiger partial charge in [0.15, 0.2) is 0 Å². The summed E-state index contributed by atoms with van der Waals surface area (Å²) in [7, 11) is 0. The lowest BCUT2D eigenvalue weighted by molar-refractivity contribution is -0.142. The fraction of sp³-hybridized carbons (Fsp3) is 0.688. The van der Waals surface area contributed by atoms with Gasteiger partial charge in [-0.3, -0.25) is 19.2 Å². The molecule has 0 saturated carbocycles. The second kappa shape index (κ2) is 13.8. The number of thiol groups is 1. The first-order valence-corrected chi connectivity index (χ1v) is 9.26. The molecule has 0 aromatic heterocycles. The van der Waals surface area contributed by atoms with Crippen molar-refractivity contribution in [3.63, 3.8) is 0 Å². The molecule has 0 bridgehead atoms.